The van der Waals surface area contributed by atoms with Crippen molar-refractivity contribution in [2.24, 2.45) is 23.7 Å². The lowest BCUT2D eigenvalue weighted by atomic mass is 9.78. The van der Waals surface area contributed by atoms with Crippen molar-refractivity contribution in [1.29, 1.82) is 0 Å². The fraction of sp³-hybridized carbons (Fsp3) is 0.545. The van der Waals surface area contributed by atoms with Crippen LogP contribution in [-0.2, 0) is 28.6 Å². The monoisotopic (exact) mass is 822 g/mol. The SMILES string of the molecule is COC1/C=C/OC2(C)Oc3c(C)c(O)c4c(O)c(cc(OCC(=O)N5CCCCC5)c4c3C2=O)NC(=O)/C(C)=C/C=C/C(C)C(O)C(C)C(O)C(C)C(OC(C)=O)C1C. The third kappa shape index (κ3) is 9.22. The molecule has 0 aromatic heterocycles. The van der Waals surface area contributed by atoms with E-state index in [0.29, 0.717) is 13.1 Å². The third-order valence-corrected chi connectivity index (χ3v) is 11.9. The molecule has 322 valence electrons. The van der Waals surface area contributed by atoms with Crippen molar-refractivity contribution < 1.29 is 63.3 Å². The molecule has 1 saturated heterocycles. The van der Waals surface area contributed by atoms with E-state index in [-0.39, 0.29) is 50.6 Å². The summed E-state index contributed by atoms with van der Waals surface area (Å²) in [5, 5.41) is 48.5. The van der Waals surface area contributed by atoms with E-state index in [9.17, 15) is 39.6 Å². The number of amides is 2. The van der Waals surface area contributed by atoms with E-state index in [1.807, 2.05) is 0 Å². The molecule has 2 aromatic rings. The summed E-state index contributed by atoms with van der Waals surface area (Å²) in [5.74, 6) is -7.84. The number of ketones is 1. The highest BCUT2D eigenvalue weighted by Crippen LogP contribution is 2.54. The van der Waals surface area contributed by atoms with Gasteiger partial charge in [0.25, 0.3) is 17.6 Å². The van der Waals surface area contributed by atoms with E-state index in [4.69, 9.17) is 23.7 Å². The number of likely N-dealkylation sites (tertiary alicyclic amines) is 1. The summed E-state index contributed by atoms with van der Waals surface area (Å²) in [4.78, 5) is 55.4. The minimum absolute atomic E-state index is 0.0460. The number of piperidine rings is 1. The second-order valence-electron chi connectivity index (χ2n) is 16.1. The zero-order valence-corrected chi connectivity index (χ0v) is 35.2. The van der Waals surface area contributed by atoms with Gasteiger partial charge in [-0.15, -0.1) is 0 Å². The molecule has 0 saturated carbocycles. The summed E-state index contributed by atoms with van der Waals surface area (Å²) in [7, 11) is 1.44. The highest BCUT2D eigenvalue weighted by atomic mass is 16.7. The van der Waals surface area contributed by atoms with Gasteiger partial charge in [-0.25, -0.2) is 0 Å². The maximum Gasteiger partial charge on any atom is 0.312 e. The number of nitrogens with zero attached hydrogens (tertiary/aromatic N) is 1. The van der Waals surface area contributed by atoms with E-state index in [1.54, 1.807) is 44.7 Å². The lowest BCUT2D eigenvalue weighted by Crippen LogP contribution is -2.46. The predicted molar refractivity (Wildman–Crippen MR) is 218 cm³/mol. The summed E-state index contributed by atoms with van der Waals surface area (Å²) in [6, 6.07) is 1.29. The molecule has 4 aliphatic heterocycles. The number of Topliss-reactive ketones (excluding diaryl/α,β-unsaturated/α-hetero) is 1. The van der Waals surface area contributed by atoms with Crippen LogP contribution in [0.2, 0.25) is 0 Å². The molecule has 1 fully saturated rings. The van der Waals surface area contributed by atoms with Crippen molar-refractivity contribution in [2.75, 3.05) is 32.1 Å². The number of ether oxygens (including phenoxy) is 5. The quantitative estimate of drug-likeness (QED) is 0.188. The molecule has 0 aliphatic carbocycles. The molecule has 9 atom stereocenters. The highest BCUT2D eigenvalue weighted by molar-refractivity contribution is 6.21. The van der Waals surface area contributed by atoms with Crippen molar-refractivity contribution in [3.63, 3.8) is 0 Å². The molecule has 6 rings (SSSR count). The van der Waals surface area contributed by atoms with Gasteiger partial charge in [-0.05, 0) is 39.2 Å². The van der Waals surface area contributed by atoms with Gasteiger partial charge in [0, 0.05) is 80.3 Å². The first-order valence-corrected chi connectivity index (χ1v) is 20.1. The third-order valence-electron chi connectivity index (χ3n) is 11.9. The number of aliphatic hydroxyl groups is 2. The van der Waals surface area contributed by atoms with Gasteiger partial charge >= 0.3 is 11.8 Å². The number of esters is 1. The molecule has 15 nitrogen and oxygen atoms in total. The molecule has 5 N–H and O–H groups in total. The number of fused-ring (bicyclic) bond motifs is 14. The summed E-state index contributed by atoms with van der Waals surface area (Å²) in [5.41, 5.74) is 0.0368. The zero-order chi connectivity index (χ0) is 43.5. The molecule has 59 heavy (non-hydrogen) atoms. The summed E-state index contributed by atoms with van der Waals surface area (Å²) >= 11 is 0. The minimum Gasteiger partial charge on any atom is -0.507 e. The van der Waals surface area contributed by atoms with Crippen molar-refractivity contribution in [1.82, 2.24) is 4.90 Å². The first-order valence-electron chi connectivity index (χ1n) is 20.1. The van der Waals surface area contributed by atoms with E-state index in [2.05, 4.69) is 5.32 Å². The van der Waals surface area contributed by atoms with Gasteiger partial charge in [0.2, 0.25) is 0 Å². The molecule has 2 amide bonds. The van der Waals surface area contributed by atoms with Crippen molar-refractivity contribution >= 4 is 40.0 Å². The minimum atomic E-state index is -2.01. The second kappa shape index (κ2) is 18.4. The van der Waals surface area contributed by atoms with Crippen LogP contribution in [-0.4, -0.2) is 106 Å². The first-order chi connectivity index (χ1) is 27.8. The number of allylic oxidation sites excluding steroid dienone is 2. The number of carbonyl (C=O) groups excluding carboxylic acids is 4. The number of aliphatic hydroxyl groups excluding tert-OH is 2. The Labute approximate surface area is 344 Å². The molecule has 2 aromatic carbocycles. The molecule has 4 heterocycles. The number of anilines is 1. The van der Waals surface area contributed by atoms with Gasteiger partial charge in [-0.1, -0.05) is 45.9 Å². The Morgan fingerprint density at radius 2 is 1.63 bits per heavy atom. The summed E-state index contributed by atoms with van der Waals surface area (Å²) in [6.07, 6.45) is 6.35. The second-order valence-corrected chi connectivity index (χ2v) is 16.1. The van der Waals surface area contributed by atoms with E-state index < -0.39 is 89.6 Å². The Balaban J connectivity index is 1.66. The topological polar surface area (TPSA) is 211 Å². The number of aromatic hydroxyl groups is 2. The maximum atomic E-state index is 14.5. The standard InChI is InChI=1S/C44H58N2O13/c1-22-14-13-15-23(2)43(54)45-29-20-31(56-21-32(48)46-17-11-10-12-18-46)33-34(39(29)52)38(51)27(6)41-35(33)42(53)44(8,59-41)57-19-16-30(55-9)24(3)40(58-28(7)47)26(5)37(50)25(4)36(22)49/h13-16,19-20,22,24-26,30,36-37,40,49-52H,10-12,17-18,21H2,1-9H3,(H,45,54)/b14-13+,19-16+,23-15+. The fourth-order valence-corrected chi connectivity index (χ4v) is 8.12. The number of nitrogens with one attached hydrogen (secondary N) is 1. The van der Waals surface area contributed by atoms with Gasteiger partial charge in [0.1, 0.15) is 23.4 Å². The van der Waals surface area contributed by atoms with Crippen LogP contribution in [0, 0.1) is 30.6 Å². The Bertz CT molecular complexity index is 2040. The first kappa shape index (κ1) is 45.0. The van der Waals surface area contributed by atoms with Crippen molar-refractivity contribution in [3.8, 4) is 23.0 Å². The number of benzene rings is 2. The average molecular weight is 823 g/mol. The Morgan fingerprint density at radius 3 is 2.27 bits per heavy atom. The van der Waals surface area contributed by atoms with Crippen LogP contribution in [0.25, 0.3) is 10.8 Å². The number of carbonyl (C=O) groups is 4. The van der Waals surface area contributed by atoms with Crippen LogP contribution in [0.1, 0.15) is 83.7 Å². The lowest BCUT2D eigenvalue weighted by molar-refractivity contribution is -0.160. The normalized spacial score (nSPS) is 31.4. The highest BCUT2D eigenvalue weighted by Gasteiger charge is 2.50. The number of hydrogen-bond donors (Lipinski definition) is 5. The zero-order valence-electron chi connectivity index (χ0n) is 35.2. The Hall–Kier alpha value is -5.12. The molecule has 5 bridgehead atoms. The average Bonchev–Trinajstić information content (AvgIpc) is 3.48. The molecule has 4 aliphatic rings. The Morgan fingerprint density at radius 1 is 0.949 bits per heavy atom. The van der Waals surface area contributed by atoms with Crippen LogP contribution in [0.15, 0.2) is 42.2 Å². The maximum absolute atomic E-state index is 14.5. The van der Waals surface area contributed by atoms with Crippen LogP contribution in [0.5, 0.6) is 23.0 Å². The van der Waals surface area contributed by atoms with E-state index in [0.717, 1.165) is 19.3 Å². The molecule has 0 spiro atoms. The van der Waals surface area contributed by atoms with Gasteiger partial charge < -0.3 is 54.3 Å². The summed E-state index contributed by atoms with van der Waals surface area (Å²) in [6.45, 7) is 13.3. The van der Waals surface area contributed by atoms with Crippen LogP contribution in [0.4, 0.5) is 5.69 Å². The molecule has 9 unspecified atom stereocenters. The predicted octanol–water partition coefficient (Wildman–Crippen LogP) is 5.44. The lowest BCUT2D eigenvalue weighted by Gasteiger charge is -2.38. The number of rotatable bonds is 5. The van der Waals surface area contributed by atoms with E-state index in [1.165, 1.54) is 59.3 Å². The van der Waals surface area contributed by atoms with Gasteiger partial charge in [-0.2, -0.15) is 0 Å². The molecular weight excluding hydrogens is 764 g/mol. The van der Waals surface area contributed by atoms with Gasteiger partial charge in [0.15, 0.2) is 12.4 Å². The number of hydrogen-bond acceptors (Lipinski definition) is 13. The van der Waals surface area contributed by atoms with Crippen molar-refractivity contribution in [2.45, 2.75) is 105 Å². The molecule has 15 heteroatoms. The van der Waals surface area contributed by atoms with Crippen molar-refractivity contribution in [3.05, 3.63) is 53.3 Å². The largest absolute Gasteiger partial charge is 0.507 e. The number of phenols is 2. The smallest absolute Gasteiger partial charge is 0.312 e. The Kier molecular flexibility index (Phi) is 14.0. The summed E-state index contributed by atoms with van der Waals surface area (Å²) < 4.78 is 29.8. The number of methoxy groups -OCH3 is 1. The van der Waals surface area contributed by atoms with Gasteiger partial charge in [0.05, 0.1) is 41.2 Å². The van der Waals surface area contributed by atoms with Crippen LogP contribution >= 0.6 is 0 Å². The molecular formula is C44H58N2O13. The molecule has 0 radical (unpaired) electrons. The number of phenolic OH excluding ortho intramolecular Hbond substituents is 2. The fourth-order valence-electron chi connectivity index (χ4n) is 8.12. The van der Waals surface area contributed by atoms with Gasteiger partial charge in [-0.3, -0.25) is 19.2 Å². The van der Waals surface area contributed by atoms with E-state index >= 15 is 0 Å². The van der Waals surface area contributed by atoms with Crippen LogP contribution in [0.3, 0.4) is 0 Å². The van der Waals surface area contributed by atoms with Crippen LogP contribution < -0.4 is 14.8 Å².